The van der Waals surface area contributed by atoms with Crippen molar-refractivity contribution in [3.63, 3.8) is 0 Å². The zero-order valence-electron chi connectivity index (χ0n) is 15.1. The third kappa shape index (κ3) is 3.24. The molecule has 3 aliphatic rings. The molecule has 0 saturated carbocycles. The fraction of sp³-hybridized carbons (Fsp3) is 0.529. The van der Waals surface area contributed by atoms with Crippen LogP contribution in [-0.4, -0.2) is 52.4 Å². The first-order valence-corrected chi connectivity index (χ1v) is 8.34. The van der Waals surface area contributed by atoms with Gasteiger partial charge in [-0.15, -0.1) is 0 Å². The molecule has 1 atom stereocenters. The minimum Gasteiger partial charge on any atom is -1.00 e. The number of rotatable bonds is 5. The van der Waals surface area contributed by atoms with E-state index < -0.39 is 5.97 Å². The van der Waals surface area contributed by atoms with Crippen molar-refractivity contribution >= 4 is 16.9 Å². The molecular weight excluding hydrogens is 299 g/mol. The molecule has 0 radical (unpaired) electrons. The molecule has 3 N–H and O–H groups in total. The van der Waals surface area contributed by atoms with E-state index in [9.17, 15) is 9.90 Å². The van der Waals surface area contributed by atoms with Crippen molar-refractivity contribution in [3.8, 4) is 0 Å². The van der Waals surface area contributed by atoms with Gasteiger partial charge in [-0.1, -0.05) is 6.07 Å². The normalized spacial score (nSPS) is 25.6. The molecule has 0 aliphatic carbocycles. The summed E-state index contributed by atoms with van der Waals surface area (Å²) in [5, 5.41) is 20.8. The number of benzene rings is 1. The summed E-state index contributed by atoms with van der Waals surface area (Å²) < 4.78 is 0. The summed E-state index contributed by atoms with van der Waals surface area (Å²) in [5.41, 5.74) is 1.89. The molecule has 24 heavy (non-hydrogen) atoms. The van der Waals surface area contributed by atoms with E-state index in [2.05, 4.69) is 20.4 Å². The van der Waals surface area contributed by atoms with Crippen molar-refractivity contribution in [2.45, 2.75) is 19.4 Å². The molecule has 1 aromatic carbocycles. The number of aromatic amines is 1. The Morgan fingerprint density at radius 3 is 2.88 bits per heavy atom. The fourth-order valence-electron chi connectivity index (χ4n) is 4.14. The van der Waals surface area contributed by atoms with Crippen molar-refractivity contribution in [1.82, 2.24) is 20.4 Å². The van der Waals surface area contributed by atoms with E-state index in [4.69, 9.17) is 0 Å². The molecule has 5 rings (SSSR count). The average molecular weight is 322 g/mol. The van der Waals surface area contributed by atoms with Crippen molar-refractivity contribution in [3.05, 3.63) is 29.5 Å². The van der Waals surface area contributed by atoms with Crippen LogP contribution in [0.3, 0.4) is 0 Å². The smallest absolute Gasteiger partial charge is 1.00 e. The second-order valence-corrected chi connectivity index (χ2v) is 6.74. The minimum absolute atomic E-state index is 0. The van der Waals surface area contributed by atoms with Crippen LogP contribution in [0.15, 0.2) is 18.2 Å². The van der Waals surface area contributed by atoms with Crippen LogP contribution in [0.4, 0.5) is 0 Å². The molecule has 1 aromatic heterocycles. The van der Waals surface area contributed by atoms with Crippen LogP contribution in [0.25, 0.3) is 10.9 Å². The number of aromatic carboxylic acids is 1. The van der Waals surface area contributed by atoms with Gasteiger partial charge in [0.15, 0.2) is 0 Å². The monoisotopic (exact) mass is 322 g/mol. The summed E-state index contributed by atoms with van der Waals surface area (Å²) in [4.78, 5) is 14.0. The standard InChI is InChI=1S/C17H22N4O2.Li.H/c22-17(23)13-2-1-3-14-16(13)15(20-19-14)9-18-8-12-10-21-6-4-11(12)5-7-21;;/h1-3,11-12,18H,4-10H2,(H,19,20)(H,22,23);;/q;+1;-1. The molecule has 6 nitrogen and oxygen atoms in total. The number of nitrogens with zero attached hydrogens (tertiary/aromatic N) is 2. The van der Waals surface area contributed by atoms with E-state index in [-0.39, 0.29) is 20.3 Å². The maximum absolute atomic E-state index is 11.4. The SMILES string of the molecule is O=C(O)c1cccc2n[nH]c(CNCC3CN4CCC3CC4)c12.[H-].[Li+]. The third-order valence-electron chi connectivity index (χ3n) is 5.39. The van der Waals surface area contributed by atoms with E-state index in [0.717, 1.165) is 23.5 Å². The number of hydrogen-bond acceptors (Lipinski definition) is 4. The second kappa shape index (κ2) is 7.28. The summed E-state index contributed by atoms with van der Waals surface area (Å²) in [6.45, 7) is 5.32. The van der Waals surface area contributed by atoms with Crippen molar-refractivity contribution in [1.29, 1.82) is 0 Å². The van der Waals surface area contributed by atoms with Crippen LogP contribution >= 0.6 is 0 Å². The predicted octanol–water partition coefficient (Wildman–Crippen LogP) is -1.19. The first-order valence-electron chi connectivity index (χ1n) is 8.34. The van der Waals surface area contributed by atoms with Crippen LogP contribution in [0.1, 0.15) is 30.3 Å². The molecule has 2 bridgehead atoms. The molecule has 0 spiro atoms. The topological polar surface area (TPSA) is 81.2 Å². The van der Waals surface area contributed by atoms with E-state index in [1.807, 2.05) is 6.07 Å². The van der Waals surface area contributed by atoms with Crippen molar-refractivity contribution in [2.24, 2.45) is 11.8 Å². The van der Waals surface area contributed by atoms with Gasteiger partial charge in [-0.3, -0.25) is 5.10 Å². The number of carboxylic acids is 1. The Labute approximate surface area is 154 Å². The zero-order valence-corrected chi connectivity index (χ0v) is 14.1. The molecule has 3 fully saturated rings. The molecule has 0 amide bonds. The molecule has 3 aliphatic heterocycles. The van der Waals surface area contributed by atoms with Crippen LogP contribution in [0.2, 0.25) is 0 Å². The average Bonchev–Trinajstić information content (AvgIpc) is 2.99. The number of nitrogens with one attached hydrogen (secondary N) is 2. The fourth-order valence-corrected chi connectivity index (χ4v) is 4.14. The molecule has 3 saturated heterocycles. The maximum Gasteiger partial charge on any atom is 1.00 e. The summed E-state index contributed by atoms with van der Waals surface area (Å²) in [6, 6.07) is 5.21. The van der Waals surface area contributed by atoms with Gasteiger partial charge in [0.1, 0.15) is 0 Å². The van der Waals surface area contributed by atoms with Gasteiger partial charge in [-0.25, -0.2) is 4.79 Å². The maximum atomic E-state index is 11.4. The summed E-state index contributed by atoms with van der Waals surface area (Å²) in [7, 11) is 0. The number of H-pyrrole nitrogens is 1. The van der Waals surface area contributed by atoms with Gasteiger partial charge in [0.25, 0.3) is 0 Å². The Kier molecular flexibility index (Phi) is 5.31. The van der Waals surface area contributed by atoms with Gasteiger partial charge in [0.2, 0.25) is 0 Å². The Bertz CT molecular complexity index is 731. The number of piperidine rings is 3. The van der Waals surface area contributed by atoms with Gasteiger partial charge in [0.05, 0.1) is 16.8 Å². The number of hydrogen-bond donors (Lipinski definition) is 3. The number of carboxylic acid groups (broad SMARTS) is 1. The van der Waals surface area contributed by atoms with E-state index in [0.29, 0.717) is 23.5 Å². The quantitative estimate of drug-likeness (QED) is 0.603. The molecular formula is C17H23LiN4O2. The number of aromatic nitrogens is 2. The molecule has 4 heterocycles. The molecule has 7 heteroatoms. The van der Waals surface area contributed by atoms with E-state index in [1.54, 1.807) is 12.1 Å². The minimum atomic E-state index is -0.907. The third-order valence-corrected chi connectivity index (χ3v) is 5.39. The van der Waals surface area contributed by atoms with Crippen LogP contribution < -0.4 is 24.2 Å². The van der Waals surface area contributed by atoms with Crippen LogP contribution in [0.5, 0.6) is 0 Å². The Balaban J connectivity index is 0.00000113. The van der Waals surface area contributed by atoms with Crippen molar-refractivity contribution < 1.29 is 30.2 Å². The Morgan fingerprint density at radius 1 is 1.42 bits per heavy atom. The van der Waals surface area contributed by atoms with Gasteiger partial charge in [0, 0.05) is 18.5 Å². The Morgan fingerprint density at radius 2 is 2.21 bits per heavy atom. The van der Waals surface area contributed by atoms with Crippen LogP contribution in [-0.2, 0) is 6.54 Å². The second-order valence-electron chi connectivity index (χ2n) is 6.74. The Hall–Kier alpha value is -1.32. The summed E-state index contributed by atoms with van der Waals surface area (Å²) in [6.07, 6.45) is 2.64. The zero-order chi connectivity index (χ0) is 15.8. The summed E-state index contributed by atoms with van der Waals surface area (Å²) >= 11 is 0. The number of fused-ring (bicyclic) bond motifs is 4. The first-order chi connectivity index (χ1) is 11.2. The van der Waals surface area contributed by atoms with Gasteiger partial charge < -0.3 is 16.7 Å². The van der Waals surface area contributed by atoms with E-state index in [1.165, 1.54) is 32.5 Å². The van der Waals surface area contributed by atoms with E-state index >= 15 is 0 Å². The molecule has 1 unspecified atom stereocenters. The van der Waals surface area contributed by atoms with Crippen molar-refractivity contribution in [2.75, 3.05) is 26.2 Å². The largest absolute Gasteiger partial charge is 1.00 e. The number of carbonyl (C=O) groups is 1. The molecule has 2 aromatic rings. The molecule has 124 valence electrons. The van der Waals surface area contributed by atoms with Gasteiger partial charge in [-0.2, -0.15) is 5.10 Å². The predicted molar refractivity (Wildman–Crippen MR) is 88.5 cm³/mol. The summed E-state index contributed by atoms with van der Waals surface area (Å²) in [5.74, 6) is 0.655. The van der Waals surface area contributed by atoms with Gasteiger partial charge >= 0.3 is 24.8 Å². The van der Waals surface area contributed by atoms with Crippen LogP contribution in [0, 0.1) is 11.8 Å². The van der Waals surface area contributed by atoms with Gasteiger partial charge in [-0.05, 0) is 56.4 Å². The first kappa shape index (κ1) is 17.5.